The number of morpholine rings is 1. The fourth-order valence-corrected chi connectivity index (χ4v) is 6.23. The van der Waals surface area contributed by atoms with Crippen LogP contribution < -0.4 is 5.32 Å². The zero-order valence-electron chi connectivity index (χ0n) is 16.3. The normalized spacial score (nSPS) is 20.1. The molecule has 0 aliphatic carbocycles. The van der Waals surface area contributed by atoms with E-state index in [0.717, 1.165) is 23.3 Å². The first-order valence-electron chi connectivity index (χ1n) is 9.68. The van der Waals surface area contributed by atoms with Crippen LogP contribution in [0.3, 0.4) is 0 Å². The fourth-order valence-electron chi connectivity index (χ4n) is 3.67. The molecule has 0 radical (unpaired) electrons. The van der Waals surface area contributed by atoms with Gasteiger partial charge in [0.25, 0.3) is 5.91 Å². The maximum absolute atomic E-state index is 13.1. The number of nitrogens with one attached hydrogen (secondary N) is 1. The number of hydrogen-bond acceptors (Lipinski definition) is 5. The Bertz CT molecular complexity index is 1020. The maximum Gasteiger partial charge on any atom is 0.252 e. The molecule has 2 aromatic carbocycles. The van der Waals surface area contributed by atoms with E-state index in [1.165, 1.54) is 15.3 Å². The van der Waals surface area contributed by atoms with Crippen molar-refractivity contribution < 1.29 is 17.9 Å². The molecule has 0 unspecified atom stereocenters. The van der Waals surface area contributed by atoms with Crippen LogP contribution in [0.25, 0.3) is 0 Å². The van der Waals surface area contributed by atoms with Crippen LogP contribution in [0.1, 0.15) is 33.9 Å². The monoisotopic (exact) mass is 432 g/mol. The minimum Gasteiger partial charge on any atom is -0.379 e. The van der Waals surface area contributed by atoms with Gasteiger partial charge < -0.3 is 10.1 Å². The summed E-state index contributed by atoms with van der Waals surface area (Å²) in [6, 6.07) is 12.8. The number of sulfonamides is 1. The molecule has 1 atom stereocenters. The molecule has 6 nitrogen and oxygen atoms in total. The summed E-state index contributed by atoms with van der Waals surface area (Å²) in [5, 5.41) is 3.11. The number of fused-ring (bicyclic) bond motifs is 1. The Labute approximate surface area is 175 Å². The van der Waals surface area contributed by atoms with E-state index < -0.39 is 10.0 Å². The van der Waals surface area contributed by atoms with Crippen LogP contribution in [-0.4, -0.2) is 50.7 Å². The summed E-state index contributed by atoms with van der Waals surface area (Å²) >= 11 is 1.79. The highest BCUT2D eigenvalue weighted by Crippen LogP contribution is 2.36. The van der Waals surface area contributed by atoms with Crippen LogP contribution in [0.2, 0.25) is 0 Å². The van der Waals surface area contributed by atoms with E-state index in [0.29, 0.717) is 31.9 Å². The first-order chi connectivity index (χ1) is 14.0. The molecule has 29 heavy (non-hydrogen) atoms. The van der Waals surface area contributed by atoms with Crippen molar-refractivity contribution in [1.29, 1.82) is 0 Å². The van der Waals surface area contributed by atoms with Gasteiger partial charge in [-0.2, -0.15) is 4.31 Å². The number of amides is 1. The van der Waals surface area contributed by atoms with E-state index in [1.54, 1.807) is 23.9 Å². The van der Waals surface area contributed by atoms with Crippen molar-refractivity contribution in [3.63, 3.8) is 0 Å². The molecule has 154 valence electrons. The lowest BCUT2D eigenvalue weighted by molar-refractivity contribution is 0.0730. The highest BCUT2D eigenvalue weighted by molar-refractivity contribution is 7.99. The Hall–Kier alpha value is -1.87. The van der Waals surface area contributed by atoms with Gasteiger partial charge in [-0.25, -0.2) is 8.42 Å². The highest BCUT2D eigenvalue weighted by atomic mass is 32.2. The summed E-state index contributed by atoms with van der Waals surface area (Å²) in [5.74, 6) is 0.695. The Morgan fingerprint density at radius 1 is 1.17 bits per heavy atom. The van der Waals surface area contributed by atoms with E-state index in [2.05, 4.69) is 11.4 Å². The third-order valence-corrected chi connectivity index (χ3v) is 8.34. The molecule has 0 saturated carbocycles. The number of carbonyl (C=O) groups excluding carboxylic acids is 1. The minimum absolute atomic E-state index is 0.0705. The SMILES string of the molecule is Cc1ccc(S(=O)(=O)N2CCOCC2)cc1C(=O)N[C@@H]1CCSc2ccccc21. The molecule has 1 N–H and O–H groups in total. The predicted molar refractivity (Wildman–Crippen MR) is 113 cm³/mol. The second kappa shape index (κ2) is 8.47. The van der Waals surface area contributed by atoms with Gasteiger partial charge in [0.2, 0.25) is 10.0 Å². The van der Waals surface area contributed by atoms with Crippen molar-refractivity contribution >= 4 is 27.7 Å². The van der Waals surface area contributed by atoms with Gasteiger partial charge in [-0.05, 0) is 42.7 Å². The van der Waals surface area contributed by atoms with Crippen molar-refractivity contribution in [3.05, 3.63) is 59.2 Å². The third-order valence-electron chi connectivity index (χ3n) is 5.33. The van der Waals surface area contributed by atoms with Crippen LogP contribution >= 0.6 is 11.8 Å². The molecule has 4 rings (SSSR count). The number of thioether (sulfide) groups is 1. The molecule has 8 heteroatoms. The fraction of sp³-hybridized carbons (Fsp3) is 0.381. The standard InChI is InChI=1S/C21H24N2O4S2/c1-15-6-7-16(29(25,26)23-9-11-27-12-10-23)14-18(15)21(24)22-19-8-13-28-20-5-3-2-4-17(19)20/h2-7,14,19H,8-13H2,1H3,(H,22,24)/t19-/m1/s1. The van der Waals surface area contributed by atoms with E-state index >= 15 is 0 Å². The van der Waals surface area contributed by atoms with Gasteiger partial charge in [0.15, 0.2) is 0 Å². The van der Waals surface area contributed by atoms with Gasteiger partial charge in [-0.15, -0.1) is 11.8 Å². The Morgan fingerprint density at radius 3 is 2.72 bits per heavy atom. The number of rotatable bonds is 4. The molecule has 0 bridgehead atoms. The van der Waals surface area contributed by atoms with Crippen LogP contribution in [-0.2, 0) is 14.8 Å². The smallest absolute Gasteiger partial charge is 0.252 e. The van der Waals surface area contributed by atoms with Crippen molar-refractivity contribution in [2.24, 2.45) is 0 Å². The molecule has 0 spiro atoms. The molecule has 1 saturated heterocycles. The first-order valence-corrected chi connectivity index (χ1v) is 12.1. The molecule has 1 fully saturated rings. The van der Waals surface area contributed by atoms with Gasteiger partial charge in [-0.3, -0.25) is 4.79 Å². The number of carbonyl (C=O) groups is 1. The molecular weight excluding hydrogens is 408 g/mol. The average Bonchev–Trinajstić information content (AvgIpc) is 2.75. The number of aryl methyl sites for hydroxylation is 1. The van der Waals surface area contributed by atoms with Crippen LogP contribution in [0, 0.1) is 6.92 Å². The number of hydrogen-bond donors (Lipinski definition) is 1. The second-order valence-electron chi connectivity index (χ2n) is 7.19. The van der Waals surface area contributed by atoms with Gasteiger partial charge in [-0.1, -0.05) is 24.3 Å². The van der Waals surface area contributed by atoms with Gasteiger partial charge in [0.1, 0.15) is 0 Å². The quantitative estimate of drug-likeness (QED) is 0.804. The number of ether oxygens (including phenoxy) is 1. The van der Waals surface area contributed by atoms with E-state index in [4.69, 9.17) is 4.74 Å². The van der Waals surface area contributed by atoms with Crippen molar-refractivity contribution in [2.45, 2.75) is 29.2 Å². The Kier molecular flexibility index (Phi) is 5.96. The maximum atomic E-state index is 13.1. The van der Waals surface area contributed by atoms with Crippen molar-refractivity contribution in [1.82, 2.24) is 9.62 Å². The van der Waals surface area contributed by atoms with Crippen LogP contribution in [0.15, 0.2) is 52.3 Å². The molecule has 0 aromatic heterocycles. The van der Waals surface area contributed by atoms with E-state index in [1.807, 2.05) is 25.1 Å². The van der Waals surface area contributed by atoms with E-state index in [9.17, 15) is 13.2 Å². The largest absolute Gasteiger partial charge is 0.379 e. The van der Waals surface area contributed by atoms with Crippen molar-refractivity contribution in [2.75, 3.05) is 32.1 Å². The predicted octanol–water partition coefficient (Wildman–Crippen LogP) is 2.98. The Morgan fingerprint density at radius 2 is 1.93 bits per heavy atom. The zero-order chi connectivity index (χ0) is 20.4. The number of benzene rings is 2. The summed E-state index contributed by atoms with van der Waals surface area (Å²) in [5.41, 5.74) is 2.27. The summed E-state index contributed by atoms with van der Waals surface area (Å²) in [6.07, 6.45) is 0.845. The summed E-state index contributed by atoms with van der Waals surface area (Å²) in [7, 11) is -3.65. The molecule has 2 aromatic rings. The van der Waals surface area contributed by atoms with Crippen LogP contribution in [0.4, 0.5) is 0 Å². The molecule has 2 heterocycles. The third kappa shape index (κ3) is 4.21. The number of nitrogens with zero attached hydrogens (tertiary/aromatic N) is 1. The first kappa shape index (κ1) is 20.4. The Balaban J connectivity index is 1.59. The lowest BCUT2D eigenvalue weighted by Gasteiger charge is -2.27. The van der Waals surface area contributed by atoms with Gasteiger partial charge in [0.05, 0.1) is 24.2 Å². The van der Waals surface area contributed by atoms with Gasteiger partial charge in [0, 0.05) is 29.3 Å². The molecular formula is C21H24N2O4S2. The van der Waals surface area contributed by atoms with Crippen LogP contribution in [0.5, 0.6) is 0 Å². The molecule has 2 aliphatic heterocycles. The van der Waals surface area contributed by atoms with Gasteiger partial charge >= 0.3 is 0 Å². The summed E-state index contributed by atoms with van der Waals surface area (Å²) < 4.78 is 32.6. The summed E-state index contributed by atoms with van der Waals surface area (Å²) in [6.45, 7) is 3.25. The molecule has 2 aliphatic rings. The lowest BCUT2D eigenvalue weighted by atomic mass is 10.0. The average molecular weight is 433 g/mol. The second-order valence-corrected chi connectivity index (χ2v) is 10.3. The zero-order valence-corrected chi connectivity index (χ0v) is 17.9. The summed E-state index contributed by atoms with van der Waals surface area (Å²) in [4.78, 5) is 14.4. The lowest BCUT2D eigenvalue weighted by Crippen LogP contribution is -2.40. The highest BCUT2D eigenvalue weighted by Gasteiger charge is 2.28. The van der Waals surface area contributed by atoms with E-state index in [-0.39, 0.29) is 16.8 Å². The molecule has 1 amide bonds. The topological polar surface area (TPSA) is 75.7 Å². The minimum atomic E-state index is -3.65. The van der Waals surface area contributed by atoms with Crippen molar-refractivity contribution in [3.8, 4) is 0 Å².